The van der Waals surface area contributed by atoms with E-state index in [0.29, 0.717) is 47.6 Å². The molecule has 10 nitrogen and oxygen atoms in total. The smallest absolute Gasteiger partial charge is 0.231 e. The van der Waals surface area contributed by atoms with E-state index in [1.165, 1.54) is 11.1 Å². The number of hydrogen-bond acceptors (Lipinski definition) is 10. The first-order valence-electron chi connectivity index (χ1n) is 13.8. The molecule has 0 saturated carbocycles. The van der Waals surface area contributed by atoms with E-state index in [9.17, 15) is 0 Å². The molecule has 7 rings (SSSR count). The van der Waals surface area contributed by atoms with Crippen molar-refractivity contribution < 1.29 is 37.9 Å². The van der Waals surface area contributed by atoms with Gasteiger partial charge in [0.15, 0.2) is 34.5 Å². The first kappa shape index (κ1) is 25.9. The summed E-state index contributed by atoms with van der Waals surface area (Å²) in [4.78, 5) is 4.96. The van der Waals surface area contributed by atoms with Gasteiger partial charge in [-0.3, -0.25) is 9.80 Å². The predicted molar refractivity (Wildman–Crippen MR) is 150 cm³/mol. The van der Waals surface area contributed by atoms with Crippen molar-refractivity contribution in [3.63, 3.8) is 0 Å². The van der Waals surface area contributed by atoms with E-state index in [1.54, 1.807) is 28.4 Å². The molecular formula is C31H34N2O8. The molecule has 0 saturated heterocycles. The quantitative estimate of drug-likeness (QED) is 0.418. The zero-order chi connectivity index (χ0) is 28.1. The summed E-state index contributed by atoms with van der Waals surface area (Å²) in [5.74, 6) is 5.49. The van der Waals surface area contributed by atoms with E-state index in [4.69, 9.17) is 37.9 Å². The number of fused-ring (bicyclic) bond motifs is 8. The molecule has 0 aromatic heterocycles. The van der Waals surface area contributed by atoms with Gasteiger partial charge >= 0.3 is 0 Å². The van der Waals surface area contributed by atoms with Crippen LogP contribution in [-0.2, 0) is 26.1 Å². The highest BCUT2D eigenvalue weighted by atomic mass is 16.7. The van der Waals surface area contributed by atoms with Crippen LogP contribution in [0.5, 0.6) is 46.0 Å². The Morgan fingerprint density at radius 3 is 1.51 bits per heavy atom. The highest BCUT2D eigenvalue weighted by molar-refractivity contribution is 5.89. The molecule has 0 spiro atoms. The molecule has 0 aliphatic carbocycles. The minimum absolute atomic E-state index is 0.143. The Labute approximate surface area is 239 Å². The molecule has 3 aromatic carbocycles. The molecule has 0 bridgehead atoms. The van der Waals surface area contributed by atoms with Crippen LogP contribution in [0.2, 0.25) is 0 Å². The number of benzene rings is 3. The Bertz CT molecular complexity index is 1430. The molecule has 4 aliphatic heterocycles. The standard InChI is InChI=1S/C31H34N2O8/c1-34-22-9-18-5-6-32(13-19(18)10-23(22)35-2)7-8-33-14-20-11-24(36-3)28-30(40-16-38-28)26(20)27-21(15-33)12-25(37-4)29-31(27)41-17-39-29/h9-12H,5-8,13-17H2,1-4H3. The average Bonchev–Trinajstić information content (AvgIpc) is 3.66. The summed E-state index contributed by atoms with van der Waals surface area (Å²) in [7, 11) is 6.68. The topological polar surface area (TPSA) is 80.3 Å². The van der Waals surface area contributed by atoms with Crippen molar-refractivity contribution in [3.8, 4) is 57.1 Å². The number of ether oxygens (including phenoxy) is 8. The fraction of sp³-hybridized carbons (Fsp3) is 0.419. The van der Waals surface area contributed by atoms with Gasteiger partial charge < -0.3 is 37.9 Å². The van der Waals surface area contributed by atoms with Crippen LogP contribution in [0.3, 0.4) is 0 Å². The fourth-order valence-corrected chi connectivity index (χ4v) is 6.39. The first-order valence-corrected chi connectivity index (χ1v) is 13.8. The van der Waals surface area contributed by atoms with Gasteiger partial charge in [0.05, 0.1) is 28.4 Å². The molecule has 0 fully saturated rings. The maximum Gasteiger partial charge on any atom is 0.231 e. The highest BCUT2D eigenvalue weighted by Gasteiger charge is 2.36. The molecule has 4 heterocycles. The maximum absolute atomic E-state index is 6.05. The molecule has 216 valence electrons. The third kappa shape index (κ3) is 4.33. The van der Waals surface area contributed by atoms with E-state index >= 15 is 0 Å². The lowest BCUT2D eigenvalue weighted by Crippen LogP contribution is -2.37. The predicted octanol–water partition coefficient (Wildman–Crippen LogP) is 4.22. The van der Waals surface area contributed by atoms with Gasteiger partial charge in [0, 0.05) is 50.4 Å². The Morgan fingerprint density at radius 1 is 0.537 bits per heavy atom. The van der Waals surface area contributed by atoms with Crippen LogP contribution in [0.25, 0.3) is 11.1 Å². The zero-order valence-electron chi connectivity index (χ0n) is 23.8. The van der Waals surface area contributed by atoms with Gasteiger partial charge in [-0.1, -0.05) is 0 Å². The van der Waals surface area contributed by atoms with Crippen LogP contribution in [0, 0.1) is 0 Å². The van der Waals surface area contributed by atoms with E-state index < -0.39 is 0 Å². The summed E-state index contributed by atoms with van der Waals surface area (Å²) in [5, 5.41) is 0. The van der Waals surface area contributed by atoms with Gasteiger partial charge in [-0.15, -0.1) is 0 Å². The first-order chi connectivity index (χ1) is 20.1. The van der Waals surface area contributed by atoms with Gasteiger partial charge in [0.25, 0.3) is 0 Å². The third-order valence-corrected chi connectivity index (χ3v) is 8.39. The summed E-state index contributed by atoms with van der Waals surface area (Å²) in [6.45, 7) is 5.36. The lowest BCUT2D eigenvalue weighted by Gasteiger charge is -2.31. The van der Waals surface area contributed by atoms with E-state index in [1.807, 2.05) is 0 Å². The number of nitrogens with zero attached hydrogens (tertiary/aromatic N) is 2. The fourth-order valence-electron chi connectivity index (χ4n) is 6.39. The van der Waals surface area contributed by atoms with E-state index in [2.05, 4.69) is 34.1 Å². The number of rotatable bonds is 7. The van der Waals surface area contributed by atoms with Gasteiger partial charge in [0.1, 0.15) is 0 Å². The Balaban J connectivity index is 1.21. The molecule has 41 heavy (non-hydrogen) atoms. The van der Waals surface area contributed by atoms with Crippen molar-refractivity contribution in [1.82, 2.24) is 9.80 Å². The Kier molecular flexibility index (Phi) is 6.59. The monoisotopic (exact) mass is 562 g/mol. The number of methoxy groups -OCH3 is 4. The lowest BCUT2D eigenvalue weighted by molar-refractivity contribution is 0.170. The lowest BCUT2D eigenvalue weighted by atomic mass is 9.93. The van der Waals surface area contributed by atoms with E-state index in [-0.39, 0.29) is 13.6 Å². The second-order valence-electron chi connectivity index (χ2n) is 10.6. The van der Waals surface area contributed by atoms with Crippen molar-refractivity contribution in [2.45, 2.75) is 26.1 Å². The van der Waals surface area contributed by atoms with Crippen molar-refractivity contribution in [3.05, 3.63) is 46.5 Å². The minimum atomic E-state index is 0.143. The Hall–Kier alpha value is -4.02. The van der Waals surface area contributed by atoms with Crippen molar-refractivity contribution in [2.75, 3.05) is 61.7 Å². The summed E-state index contributed by atoms with van der Waals surface area (Å²) < 4.78 is 46.3. The van der Waals surface area contributed by atoms with Gasteiger partial charge in [-0.25, -0.2) is 0 Å². The van der Waals surface area contributed by atoms with Crippen LogP contribution in [0.4, 0.5) is 0 Å². The minimum Gasteiger partial charge on any atom is -0.493 e. The molecule has 10 heteroatoms. The molecular weight excluding hydrogens is 528 g/mol. The largest absolute Gasteiger partial charge is 0.493 e. The molecule has 0 atom stereocenters. The van der Waals surface area contributed by atoms with Gasteiger partial charge in [0.2, 0.25) is 25.1 Å². The summed E-state index contributed by atoms with van der Waals surface area (Å²) >= 11 is 0. The van der Waals surface area contributed by atoms with Crippen LogP contribution in [0.1, 0.15) is 22.3 Å². The van der Waals surface area contributed by atoms with Crippen LogP contribution in [-0.4, -0.2) is 71.5 Å². The maximum atomic E-state index is 6.05. The molecule has 0 unspecified atom stereocenters. The highest BCUT2D eigenvalue weighted by Crippen LogP contribution is 2.57. The van der Waals surface area contributed by atoms with Crippen LogP contribution >= 0.6 is 0 Å². The van der Waals surface area contributed by atoms with Crippen molar-refractivity contribution in [2.24, 2.45) is 0 Å². The summed E-state index contributed by atoms with van der Waals surface area (Å²) in [5.41, 5.74) is 6.72. The zero-order valence-corrected chi connectivity index (χ0v) is 23.8. The van der Waals surface area contributed by atoms with Gasteiger partial charge in [-0.05, 0) is 52.9 Å². The molecule has 0 amide bonds. The van der Waals surface area contributed by atoms with Gasteiger partial charge in [-0.2, -0.15) is 0 Å². The molecule has 0 radical (unpaired) electrons. The average molecular weight is 563 g/mol. The second kappa shape index (κ2) is 10.4. The van der Waals surface area contributed by atoms with E-state index in [0.717, 1.165) is 66.4 Å². The second-order valence-corrected chi connectivity index (χ2v) is 10.6. The normalized spacial score (nSPS) is 16.9. The molecule has 3 aromatic rings. The third-order valence-electron chi connectivity index (χ3n) is 8.39. The SMILES string of the molecule is COc1cc2c(cc1OC)CN(CCN1Cc3cc(OC)c4c(c3-c3c(cc(OC)c5c3OCO5)C1)OCO4)CC2. The summed E-state index contributed by atoms with van der Waals surface area (Å²) in [6, 6.07) is 8.36. The van der Waals surface area contributed by atoms with Crippen molar-refractivity contribution in [1.29, 1.82) is 0 Å². The van der Waals surface area contributed by atoms with Crippen LogP contribution in [0.15, 0.2) is 24.3 Å². The summed E-state index contributed by atoms with van der Waals surface area (Å²) in [6.07, 6.45) is 0.975. The van der Waals surface area contributed by atoms with Crippen molar-refractivity contribution >= 4 is 0 Å². The molecule has 4 aliphatic rings. The number of hydrogen-bond donors (Lipinski definition) is 0. The molecule has 0 N–H and O–H groups in total. The Morgan fingerprint density at radius 2 is 0.976 bits per heavy atom. The van der Waals surface area contributed by atoms with Crippen LogP contribution < -0.4 is 37.9 Å².